The molecule has 0 radical (unpaired) electrons. The van der Waals surface area contributed by atoms with Gasteiger partial charge in [0.05, 0.1) is 12.7 Å². The van der Waals surface area contributed by atoms with Gasteiger partial charge in [-0.25, -0.2) is 9.36 Å². The number of carbonyl (C=O) groups is 1. The summed E-state index contributed by atoms with van der Waals surface area (Å²) in [7, 11) is -4.25. The maximum atomic E-state index is 13.6. The van der Waals surface area contributed by atoms with Crippen LogP contribution in [0.4, 0.5) is 5.82 Å². The van der Waals surface area contributed by atoms with Crippen LogP contribution in [0.3, 0.4) is 0 Å². The Kier molecular flexibility index (Phi) is 8.55. The molecule has 1 aromatic carbocycles. The van der Waals surface area contributed by atoms with Gasteiger partial charge >= 0.3 is 19.4 Å². The molecular weight excluding hydrogens is 495 g/mol. The van der Waals surface area contributed by atoms with E-state index >= 15 is 0 Å². The summed E-state index contributed by atoms with van der Waals surface area (Å²) in [6.45, 7) is 5.51. The molecule has 3 rings (SSSR count). The molecule has 0 aliphatic carbocycles. The van der Waals surface area contributed by atoms with Crippen LogP contribution in [0, 0.1) is 0 Å². The lowest BCUT2D eigenvalue weighted by molar-refractivity contribution is -0.149. The van der Waals surface area contributed by atoms with Crippen molar-refractivity contribution in [3.63, 3.8) is 0 Å². The Morgan fingerprint density at radius 3 is 2.58 bits per heavy atom. The fourth-order valence-corrected chi connectivity index (χ4v) is 4.90. The van der Waals surface area contributed by atoms with E-state index in [0.29, 0.717) is 0 Å². The zero-order chi connectivity index (χ0) is 26.7. The number of rotatable bonds is 10. The van der Waals surface area contributed by atoms with E-state index in [9.17, 15) is 24.4 Å². The zero-order valence-electron chi connectivity index (χ0n) is 20.3. The lowest BCUT2D eigenvalue weighted by atomic mass is 9.95. The number of nitrogens with two attached hydrogens (primary N) is 1. The van der Waals surface area contributed by atoms with Gasteiger partial charge in [-0.1, -0.05) is 18.2 Å². The van der Waals surface area contributed by atoms with E-state index in [2.05, 4.69) is 10.1 Å². The zero-order valence-corrected chi connectivity index (χ0v) is 21.2. The quantitative estimate of drug-likeness (QED) is 0.254. The molecule has 3 unspecified atom stereocenters. The van der Waals surface area contributed by atoms with E-state index in [1.54, 1.807) is 32.0 Å². The second kappa shape index (κ2) is 11.1. The largest absolute Gasteiger partial charge is 0.462 e. The smallest absolute Gasteiger partial charge is 0.459 e. The molecule has 0 bridgehead atoms. The van der Waals surface area contributed by atoms with Gasteiger partial charge in [0.1, 0.15) is 35.4 Å². The van der Waals surface area contributed by atoms with Crippen LogP contribution in [-0.2, 0) is 23.4 Å². The van der Waals surface area contributed by atoms with Gasteiger partial charge in [-0.2, -0.15) is 10.1 Å². The third-order valence-corrected chi connectivity index (χ3v) is 7.02. The number of aromatic nitrogens is 2. The summed E-state index contributed by atoms with van der Waals surface area (Å²) in [5.74, 6) is -0.514. The normalized spacial score (nSPS) is 26.4. The van der Waals surface area contributed by atoms with Gasteiger partial charge in [-0.3, -0.25) is 13.9 Å². The van der Waals surface area contributed by atoms with Crippen molar-refractivity contribution >= 4 is 19.5 Å². The van der Waals surface area contributed by atoms with E-state index in [1.165, 1.54) is 38.2 Å². The summed E-state index contributed by atoms with van der Waals surface area (Å²) in [6, 6.07) is 8.37. The minimum absolute atomic E-state index is 0.0226. The van der Waals surface area contributed by atoms with Crippen LogP contribution < -0.4 is 21.0 Å². The Hall–Kier alpha value is -2.80. The maximum absolute atomic E-state index is 13.6. The average molecular weight is 526 g/mol. The lowest BCUT2D eigenvalue weighted by Gasteiger charge is -2.28. The minimum atomic E-state index is -4.25. The predicted molar refractivity (Wildman–Crippen MR) is 128 cm³/mol. The number of esters is 1. The SMILES string of the molecule is CC(C)OC(=O)[C@H](C)NP(=O)(OC[C@H]1O[C@@H](n2ccc(N)nc2=O)C(O)C1(C)O)Oc1ccccc1. The molecule has 2 heterocycles. The van der Waals surface area contributed by atoms with Crippen LogP contribution in [0.5, 0.6) is 5.75 Å². The Bertz CT molecular complexity index is 1160. The van der Waals surface area contributed by atoms with Crippen LogP contribution in [0.15, 0.2) is 47.4 Å². The van der Waals surface area contributed by atoms with Crippen molar-refractivity contribution in [3.8, 4) is 5.75 Å². The first-order chi connectivity index (χ1) is 16.8. The molecule has 1 aromatic heterocycles. The highest BCUT2D eigenvalue weighted by molar-refractivity contribution is 7.52. The van der Waals surface area contributed by atoms with Gasteiger partial charge in [0.25, 0.3) is 0 Å². The second-order valence-electron chi connectivity index (χ2n) is 8.76. The van der Waals surface area contributed by atoms with E-state index in [1.807, 2.05) is 0 Å². The fourth-order valence-electron chi connectivity index (χ4n) is 3.40. The van der Waals surface area contributed by atoms with Crippen LogP contribution in [0.2, 0.25) is 0 Å². The Labute approximate surface area is 207 Å². The molecule has 2 aromatic rings. The molecule has 5 N–H and O–H groups in total. The standard InChI is InChI=1S/C22H31N4O9P/c1-13(2)33-20(28)14(3)25-36(31,35-15-8-6-5-7-9-15)32-12-16-22(4,30)18(27)19(34-16)26-11-10-17(23)24-21(26)29/h5-11,13-14,16,18-19,27,30H,12H2,1-4H3,(H,25,31)(H2,23,24,29)/t14-,16+,18?,19+,22?,36?/m0/s1. The van der Waals surface area contributed by atoms with Gasteiger partial charge in [0.2, 0.25) is 0 Å². The molecule has 36 heavy (non-hydrogen) atoms. The lowest BCUT2D eigenvalue weighted by Crippen LogP contribution is -2.47. The monoisotopic (exact) mass is 526 g/mol. The number of carbonyl (C=O) groups excluding carboxylic acids is 1. The number of hydrogen-bond acceptors (Lipinski definition) is 11. The number of aliphatic hydroxyl groups excluding tert-OH is 1. The molecule has 1 aliphatic rings. The molecule has 0 spiro atoms. The van der Waals surface area contributed by atoms with Crippen LogP contribution in [0.1, 0.15) is 33.9 Å². The summed E-state index contributed by atoms with van der Waals surface area (Å²) in [5.41, 5.74) is 2.78. The topological polar surface area (TPSA) is 184 Å². The third kappa shape index (κ3) is 6.49. The third-order valence-electron chi connectivity index (χ3n) is 5.37. The van der Waals surface area contributed by atoms with Crippen LogP contribution >= 0.6 is 7.75 Å². The van der Waals surface area contributed by atoms with Crippen molar-refractivity contribution in [3.05, 3.63) is 53.1 Å². The minimum Gasteiger partial charge on any atom is -0.462 e. The number of aliphatic hydroxyl groups is 2. The second-order valence-corrected chi connectivity index (χ2v) is 10.5. The van der Waals surface area contributed by atoms with E-state index < -0.39 is 62.2 Å². The predicted octanol–water partition coefficient (Wildman–Crippen LogP) is 0.968. The number of ether oxygens (including phenoxy) is 2. The first-order valence-corrected chi connectivity index (χ1v) is 12.7. The van der Waals surface area contributed by atoms with Gasteiger partial charge in [-0.05, 0) is 45.9 Å². The number of anilines is 1. The van der Waals surface area contributed by atoms with Gasteiger partial charge < -0.3 is 29.9 Å². The number of para-hydroxylation sites is 1. The molecule has 0 saturated carbocycles. The molecule has 198 valence electrons. The Morgan fingerprint density at radius 1 is 1.31 bits per heavy atom. The number of benzene rings is 1. The Morgan fingerprint density at radius 2 is 1.97 bits per heavy atom. The highest BCUT2D eigenvalue weighted by atomic mass is 31.2. The number of nitrogen functional groups attached to an aromatic ring is 1. The molecule has 14 heteroatoms. The molecule has 0 amide bonds. The highest BCUT2D eigenvalue weighted by Crippen LogP contribution is 2.47. The summed E-state index contributed by atoms with van der Waals surface area (Å²) < 4.78 is 36.6. The number of nitrogens with one attached hydrogen (secondary N) is 1. The van der Waals surface area contributed by atoms with Crippen molar-refractivity contribution in [1.82, 2.24) is 14.6 Å². The van der Waals surface area contributed by atoms with Crippen molar-refractivity contribution in [2.75, 3.05) is 12.3 Å². The van der Waals surface area contributed by atoms with Crippen molar-refractivity contribution in [2.45, 2.75) is 63.9 Å². The van der Waals surface area contributed by atoms with E-state index in [-0.39, 0.29) is 11.6 Å². The fraction of sp³-hybridized carbons (Fsp3) is 0.500. The summed E-state index contributed by atoms with van der Waals surface area (Å²) in [4.78, 5) is 28.1. The van der Waals surface area contributed by atoms with Gasteiger partial charge in [-0.15, -0.1) is 0 Å². The Balaban J connectivity index is 1.80. The summed E-state index contributed by atoms with van der Waals surface area (Å²) >= 11 is 0. The van der Waals surface area contributed by atoms with Crippen LogP contribution in [0.25, 0.3) is 0 Å². The molecule has 1 aliphatic heterocycles. The molecule has 6 atom stereocenters. The summed E-state index contributed by atoms with van der Waals surface area (Å²) in [5, 5.41) is 24.1. The van der Waals surface area contributed by atoms with Gasteiger partial charge in [0.15, 0.2) is 6.23 Å². The molecular formula is C22H31N4O9P. The number of nitrogens with zero attached hydrogens (tertiary/aromatic N) is 2. The number of hydrogen-bond donors (Lipinski definition) is 4. The first kappa shape index (κ1) is 27.8. The van der Waals surface area contributed by atoms with Gasteiger partial charge in [0, 0.05) is 6.20 Å². The molecule has 13 nitrogen and oxygen atoms in total. The molecule has 1 fully saturated rings. The first-order valence-electron chi connectivity index (χ1n) is 11.2. The van der Waals surface area contributed by atoms with E-state index in [4.69, 9.17) is 24.3 Å². The van der Waals surface area contributed by atoms with Crippen LogP contribution in [-0.4, -0.2) is 62.3 Å². The van der Waals surface area contributed by atoms with E-state index in [0.717, 1.165) is 4.57 Å². The maximum Gasteiger partial charge on any atom is 0.459 e. The van der Waals surface area contributed by atoms with Crippen molar-refractivity contribution < 1.29 is 38.1 Å². The molecule has 1 saturated heterocycles. The summed E-state index contributed by atoms with van der Waals surface area (Å²) in [6.07, 6.45) is -3.28. The van der Waals surface area contributed by atoms with Crippen molar-refractivity contribution in [1.29, 1.82) is 0 Å². The average Bonchev–Trinajstić information content (AvgIpc) is 3.01. The highest BCUT2D eigenvalue weighted by Gasteiger charge is 2.54. The van der Waals surface area contributed by atoms with Crippen molar-refractivity contribution in [2.24, 2.45) is 0 Å².